The molecule has 3 rings (SSSR count). The van der Waals surface area contributed by atoms with Crippen LogP contribution in [0.4, 0.5) is 0 Å². The Morgan fingerprint density at radius 3 is 2.67 bits per heavy atom. The van der Waals surface area contributed by atoms with E-state index in [1.807, 2.05) is 0 Å². The Morgan fingerprint density at radius 1 is 1.30 bits per heavy atom. The van der Waals surface area contributed by atoms with Gasteiger partial charge in [-0.1, -0.05) is 19.8 Å². The summed E-state index contributed by atoms with van der Waals surface area (Å²) >= 11 is 0. The summed E-state index contributed by atoms with van der Waals surface area (Å²) in [6.07, 6.45) is 7.32. The molecule has 1 aliphatic heterocycles. The second-order valence-electron chi connectivity index (χ2n) is 8.20. The highest BCUT2D eigenvalue weighted by molar-refractivity contribution is 14.0. The van der Waals surface area contributed by atoms with E-state index < -0.39 is 0 Å². The van der Waals surface area contributed by atoms with Crippen LogP contribution in [0.3, 0.4) is 0 Å². The van der Waals surface area contributed by atoms with Crippen molar-refractivity contribution in [3.8, 4) is 0 Å². The minimum absolute atomic E-state index is 0. The molecule has 1 saturated heterocycles. The van der Waals surface area contributed by atoms with E-state index >= 15 is 0 Å². The SMILES string of the molecule is CCNC(=NCc1ccn(C2CCCC2)n1)NC1CN(C(C)C)CC1C.I. The maximum absolute atomic E-state index is 4.79. The highest BCUT2D eigenvalue weighted by atomic mass is 127. The quantitative estimate of drug-likeness (QED) is 0.366. The molecule has 0 aromatic carbocycles. The highest BCUT2D eigenvalue weighted by Gasteiger charge is 2.31. The van der Waals surface area contributed by atoms with E-state index in [9.17, 15) is 0 Å². The first-order valence-electron chi connectivity index (χ1n) is 10.4. The van der Waals surface area contributed by atoms with Crippen molar-refractivity contribution >= 4 is 29.9 Å². The number of nitrogens with one attached hydrogen (secondary N) is 2. The van der Waals surface area contributed by atoms with E-state index in [-0.39, 0.29) is 24.0 Å². The molecule has 2 heterocycles. The third kappa shape index (κ3) is 6.07. The van der Waals surface area contributed by atoms with E-state index in [0.29, 0.717) is 30.6 Å². The predicted molar refractivity (Wildman–Crippen MR) is 123 cm³/mol. The molecule has 27 heavy (non-hydrogen) atoms. The molecule has 6 nitrogen and oxygen atoms in total. The number of aliphatic imine (C=N–C) groups is 1. The number of rotatable bonds is 6. The molecule has 7 heteroatoms. The molecule has 2 fully saturated rings. The summed E-state index contributed by atoms with van der Waals surface area (Å²) in [5.74, 6) is 1.54. The summed E-state index contributed by atoms with van der Waals surface area (Å²) in [5.41, 5.74) is 1.05. The van der Waals surface area contributed by atoms with Crippen molar-refractivity contribution in [2.24, 2.45) is 10.9 Å². The molecule has 1 aliphatic carbocycles. The van der Waals surface area contributed by atoms with Crippen LogP contribution in [0.2, 0.25) is 0 Å². The van der Waals surface area contributed by atoms with Gasteiger partial charge in [-0.15, -0.1) is 24.0 Å². The van der Waals surface area contributed by atoms with Crippen molar-refractivity contribution in [1.29, 1.82) is 0 Å². The summed E-state index contributed by atoms with van der Waals surface area (Å²) in [6.45, 7) is 12.7. The molecule has 2 atom stereocenters. The second-order valence-corrected chi connectivity index (χ2v) is 8.20. The molecule has 2 aliphatic rings. The average Bonchev–Trinajstić information content (AvgIpc) is 3.34. The fraction of sp³-hybridized carbons (Fsp3) is 0.800. The van der Waals surface area contributed by atoms with Gasteiger partial charge in [-0.05, 0) is 45.6 Å². The van der Waals surface area contributed by atoms with Gasteiger partial charge in [-0.25, -0.2) is 4.99 Å². The van der Waals surface area contributed by atoms with Crippen LogP contribution in [0.1, 0.15) is 65.1 Å². The van der Waals surface area contributed by atoms with Gasteiger partial charge in [-0.3, -0.25) is 9.58 Å². The first kappa shape index (κ1) is 22.5. The van der Waals surface area contributed by atoms with Crippen LogP contribution >= 0.6 is 24.0 Å². The highest BCUT2D eigenvalue weighted by Crippen LogP contribution is 2.28. The lowest BCUT2D eigenvalue weighted by atomic mass is 10.1. The summed E-state index contributed by atoms with van der Waals surface area (Å²) in [7, 11) is 0. The van der Waals surface area contributed by atoms with Gasteiger partial charge in [-0.2, -0.15) is 5.10 Å². The van der Waals surface area contributed by atoms with Gasteiger partial charge >= 0.3 is 0 Å². The number of hydrogen-bond acceptors (Lipinski definition) is 3. The minimum atomic E-state index is 0. The predicted octanol–water partition coefficient (Wildman–Crippen LogP) is 3.40. The number of halogens is 1. The maximum Gasteiger partial charge on any atom is 0.191 e. The van der Waals surface area contributed by atoms with Crippen molar-refractivity contribution in [3.05, 3.63) is 18.0 Å². The van der Waals surface area contributed by atoms with Crippen LogP contribution in [0.5, 0.6) is 0 Å². The topological polar surface area (TPSA) is 57.5 Å². The first-order chi connectivity index (χ1) is 12.6. The van der Waals surface area contributed by atoms with Crippen LogP contribution in [0.15, 0.2) is 17.3 Å². The van der Waals surface area contributed by atoms with E-state index in [4.69, 9.17) is 10.1 Å². The number of aromatic nitrogens is 2. The lowest BCUT2D eigenvalue weighted by Crippen LogP contribution is -2.46. The Labute approximate surface area is 181 Å². The van der Waals surface area contributed by atoms with E-state index in [1.165, 1.54) is 25.7 Å². The zero-order valence-corrected chi connectivity index (χ0v) is 19.6. The molecule has 0 spiro atoms. The van der Waals surface area contributed by atoms with Crippen molar-refractivity contribution in [3.63, 3.8) is 0 Å². The Hall–Kier alpha value is -0.830. The number of nitrogens with zero attached hydrogens (tertiary/aromatic N) is 4. The van der Waals surface area contributed by atoms with E-state index in [2.05, 4.69) is 60.2 Å². The van der Waals surface area contributed by atoms with Crippen LogP contribution < -0.4 is 10.6 Å². The summed E-state index contributed by atoms with van der Waals surface area (Å²) in [6, 6.07) is 3.76. The molecule has 2 N–H and O–H groups in total. The molecule has 0 bridgehead atoms. The van der Waals surface area contributed by atoms with Gasteiger partial charge in [0.2, 0.25) is 0 Å². The van der Waals surface area contributed by atoms with Gasteiger partial charge in [0, 0.05) is 37.9 Å². The molecule has 1 saturated carbocycles. The van der Waals surface area contributed by atoms with Crippen molar-refractivity contribution < 1.29 is 0 Å². The summed E-state index contributed by atoms with van der Waals surface area (Å²) in [4.78, 5) is 7.33. The van der Waals surface area contributed by atoms with Gasteiger partial charge in [0.05, 0.1) is 18.3 Å². The lowest BCUT2D eigenvalue weighted by Gasteiger charge is -2.21. The maximum atomic E-state index is 4.79. The largest absolute Gasteiger partial charge is 0.357 e. The van der Waals surface area contributed by atoms with Gasteiger partial charge in [0.15, 0.2) is 5.96 Å². The number of hydrogen-bond donors (Lipinski definition) is 2. The fourth-order valence-electron chi connectivity index (χ4n) is 4.10. The Morgan fingerprint density at radius 2 is 2.04 bits per heavy atom. The molecule has 1 aromatic rings. The fourth-order valence-corrected chi connectivity index (χ4v) is 4.10. The third-order valence-electron chi connectivity index (χ3n) is 5.80. The molecule has 1 aromatic heterocycles. The average molecular weight is 488 g/mol. The zero-order valence-electron chi connectivity index (χ0n) is 17.3. The molecule has 0 radical (unpaired) electrons. The van der Waals surface area contributed by atoms with Gasteiger partial charge < -0.3 is 10.6 Å². The third-order valence-corrected chi connectivity index (χ3v) is 5.80. The summed E-state index contributed by atoms with van der Waals surface area (Å²) < 4.78 is 2.15. The normalized spacial score (nSPS) is 24.4. The van der Waals surface area contributed by atoms with E-state index in [0.717, 1.165) is 31.3 Å². The zero-order chi connectivity index (χ0) is 18.5. The van der Waals surface area contributed by atoms with Gasteiger partial charge in [0.1, 0.15) is 0 Å². The number of guanidine groups is 1. The lowest BCUT2D eigenvalue weighted by molar-refractivity contribution is 0.265. The molecule has 154 valence electrons. The first-order valence-corrected chi connectivity index (χ1v) is 10.4. The molecular formula is C20H37IN6. The molecular weight excluding hydrogens is 451 g/mol. The Bertz CT molecular complexity index is 593. The number of likely N-dealkylation sites (tertiary alicyclic amines) is 1. The minimum Gasteiger partial charge on any atom is -0.357 e. The van der Waals surface area contributed by atoms with Crippen LogP contribution in [-0.4, -0.2) is 52.4 Å². The van der Waals surface area contributed by atoms with Crippen molar-refractivity contribution in [2.75, 3.05) is 19.6 Å². The standard InChI is InChI=1S/C20H36N6.HI/c1-5-21-20(23-19-14-25(15(2)3)13-16(19)4)22-12-17-10-11-26(24-17)18-8-6-7-9-18;/h10-11,15-16,18-19H,5-9,12-14H2,1-4H3,(H2,21,22,23);1H. The molecule has 2 unspecified atom stereocenters. The van der Waals surface area contributed by atoms with Crippen LogP contribution in [0, 0.1) is 5.92 Å². The van der Waals surface area contributed by atoms with Crippen LogP contribution in [0.25, 0.3) is 0 Å². The monoisotopic (exact) mass is 488 g/mol. The van der Waals surface area contributed by atoms with Gasteiger partial charge in [0.25, 0.3) is 0 Å². The Kier molecular flexibility index (Phi) is 8.85. The van der Waals surface area contributed by atoms with E-state index in [1.54, 1.807) is 0 Å². The summed E-state index contributed by atoms with van der Waals surface area (Å²) in [5, 5.41) is 11.8. The second kappa shape index (κ2) is 10.6. The Balaban J connectivity index is 0.00000261. The van der Waals surface area contributed by atoms with Crippen molar-refractivity contribution in [1.82, 2.24) is 25.3 Å². The molecule has 0 amide bonds. The smallest absolute Gasteiger partial charge is 0.191 e. The van der Waals surface area contributed by atoms with Crippen LogP contribution in [-0.2, 0) is 6.54 Å². The van der Waals surface area contributed by atoms with Crippen molar-refractivity contribution in [2.45, 2.75) is 78.0 Å².